The van der Waals surface area contributed by atoms with Crippen molar-refractivity contribution < 1.29 is 13.2 Å². The minimum absolute atomic E-state index is 0.00475. The first-order chi connectivity index (χ1) is 24.1. The second-order valence-corrected chi connectivity index (χ2v) is 14.7. The highest BCUT2D eigenvalue weighted by atomic mass is 32.1. The summed E-state index contributed by atoms with van der Waals surface area (Å²) in [5, 5.41) is 11.6. The van der Waals surface area contributed by atoms with Crippen LogP contribution in [0.15, 0.2) is 109 Å². The van der Waals surface area contributed by atoms with Crippen LogP contribution in [-0.4, -0.2) is 15.0 Å². The predicted molar refractivity (Wildman–Crippen MR) is 199 cm³/mol. The van der Waals surface area contributed by atoms with Crippen molar-refractivity contribution in [3.05, 3.63) is 132 Å². The quantitative estimate of drug-likeness (QED) is 0.162. The molecule has 8 heteroatoms. The van der Waals surface area contributed by atoms with Gasteiger partial charge in [0.05, 0.1) is 11.4 Å². The lowest BCUT2D eigenvalue weighted by Crippen LogP contribution is -2.32. The van der Waals surface area contributed by atoms with Gasteiger partial charge in [-0.05, 0) is 97.5 Å². The van der Waals surface area contributed by atoms with Crippen molar-refractivity contribution in [3.8, 4) is 0 Å². The third kappa shape index (κ3) is 4.08. The van der Waals surface area contributed by atoms with Crippen LogP contribution in [0, 0.1) is 6.92 Å². The molecule has 0 aliphatic carbocycles. The van der Waals surface area contributed by atoms with Gasteiger partial charge in [-0.15, -0.1) is 11.3 Å². The number of anilines is 3. The molecule has 242 valence electrons. The molecule has 9 aromatic rings. The molecule has 0 spiro atoms. The van der Waals surface area contributed by atoms with Gasteiger partial charge in [0.1, 0.15) is 5.82 Å². The van der Waals surface area contributed by atoms with Crippen molar-refractivity contribution in [1.29, 1.82) is 0 Å². The highest BCUT2D eigenvalue weighted by Gasteiger charge is 2.41. The minimum Gasteiger partial charge on any atom is -0.278 e. The maximum absolute atomic E-state index is 14.1. The number of halogens is 3. The number of thiophene rings is 1. The molecule has 0 radical (unpaired) electrons. The Morgan fingerprint density at radius 1 is 0.560 bits per heavy atom. The monoisotopic (exact) mass is 676 g/mol. The zero-order valence-corrected chi connectivity index (χ0v) is 28.0. The van der Waals surface area contributed by atoms with Gasteiger partial charge in [-0.1, -0.05) is 86.6 Å². The SMILES string of the molecule is Cc1nc(N2c3cc4ccccc4cc3C(C)(C)c3cc4c(cc32)sc2cc3c5ccccc5c5ccccc5c3cc24)nc(C(F)(F)F)n1. The summed E-state index contributed by atoms with van der Waals surface area (Å²) in [7, 11) is 0. The Morgan fingerprint density at radius 2 is 1.08 bits per heavy atom. The first-order valence-electron chi connectivity index (χ1n) is 16.4. The first-order valence-corrected chi connectivity index (χ1v) is 17.3. The number of fused-ring (bicyclic) bond motifs is 12. The molecule has 1 aliphatic heterocycles. The Hall–Kier alpha value is -5.60. The zero-order chi connectivity index (χ0) is 34.1. The van der Waals surface area contributed by atoms with Crippen LogP contribution in [0.25, 0.3) is 63.3 Å². The fraction of sp³-hybridized carbons (Fsp3) is 0.119. The van der Waals surface area contributed by atoms with E-state index >= 15 is 0 Å². The van der Waals surface area contributed by atoms with Crippen LogP contribution in [0.4, 0.5) is 30.5 Å². The van der Waals surface area contributed by atoms with Crippen LogP contribution in [0.5, 0.6) is 0 Å². The fourth-order valence-corrected chi connectivity index (χ4v) is 9.13. The molecule has 0 amide bonds. The molecule has 10 rings (SSSR count). The standard InChI is InChI=1S/C42H27F3N4S/c1-22-46-39(42(43,44)45)48-40(47-22)49-35-17-24-11-5-4-10-23(24)16-33(35)41(2,3)34-19-32-31-18-29-27-14-8-6-12-25(27)26-13-7-9-15-28(26)30(29)20-37(31)50-38(32)21-36(34)49/h4-21H,1-3H3. The van der Waals surface area contributed by atoms with Crippen molar-refractivity contribution in [2.75, 3.05) is 4.90 Å². The van der Waals surface area contributed by atoms with Gasteiger partial charge in [-0.25, -0.2) is 4.98 Å². The molecule has 0 bridgehead atoms. The van der Waals surface area contributed by atoms with E-state index in [4.69, 9.17) is 0 Å². The van der Waals surface area contributed by atoms with Gasteiger partial charge >= 0.3 is 6.18 Å². The van der Waals surface area contributed by atoms with Crippen molar-refractivity contribution in [2.45, 2.75) is 32.4 Å². The molecule has 0 saturated carbocycles. The summed E-state index contributed by atoms with van der Waals surface area (Å²) in [5.41, 5.74) is 2.99. The molecule has 3 heterocycles. The molecule has 0 unspecified atom stereocenters. The summed E-state index contributed by atoms with van der Waals surface area (Å²) >= 11 is 1.70. The smallest absolute Gasteiger partial charge is 0.278 e. The topological polar surface area (TPSA) is 41.9 Å². The molecule has 0 N–H and O–H groups in total. The van der Waals surface area contributed by atoms with Crippen LogP contribution in [0.3, 0.4) is 0 Å². The molecule has 0 fully saturated rings. The van der Waals surface area contributed by atoms with Crippen LogP contribution in [-0.2, 0) is 11.6 Å². The molecule has 0 saturated heterocycles. The Morgan fingerprint density at radius 3 is 1.74 bits per heavy atom. The second kappa shape index (κ2) is 9.98. The van der Waals surface area contributed by atoms with Gasteiger partial charge in [-0.2, -0.15) is 23.1 Å². The highest BCUT2D eigenvalue weighted by molar-refractivity contribution is 7.26. The number of aryl methyl sites for hydroxylation is 1. The number of alkyl halides is 3. The molecule has 1 aliphatic rings. The second-order valence-electron chi connectivity index (χ2n) is 13.6. The van der Waals surface area contributed by atoms with Crippen LogP contribution < -0.4 is 4.90 Å². The van der Waals surface area contributed by atoms with E-state index in [0.717, 1.165) is 53.4 Å². The molecule has 7 aromatic carbocycles. The third-order valence-corrected chi connectivity index (χ3v) is 11.4. The molecule has 4 nitrogen and oxygen atoms in total. The normalized spacial score (nSPS) is 14.3. The van der Waals surface area contributed by atoms with Crippen molar-refractivity contribution in [3.63, 3.8) is 0 Å². The summed E-state index contributed by atoms with van der Waals surface area (Å²) in [6.45, 7) is 5.85. The summed E-state index contributed by atoms with van der Waals surface area (Å²) in [4.78, 5) is 14.0. The number of benzene rings is 7. The average molecular weight is 677 g/mol. The number of aromatic nitrogens is 3. The van der Waals surface area contributed by atoms with Crippen molar-refractivity contribution >= 4 is 91.9 Å². The third-order valence-electron chi connectivity index (χ3n) is 10.3. The lowest BCUT2D eigenvalue weighted by Gasteiger charge is -2.41. The number of nitrogens with zero attached hydrogens (tertiary/aromatic N) is 4. The lowest BCUT2D eigenvalue weighted by molar-refractivity contribution is -0.145. The molecule has 0 atom stereocenters. The molecule has 50 heavy (non-hydrogen) atoms. The maximum atomic E-state index is 14.1. The van der Waals surface area contributed by atoms with Gasteiger partial charge in [0.15, 0.2) is 0 Å². The summed E-state index contributed by atoms with van der Waals surface area (Å²) in [6, 6.07) is 38.3. The van der Waals surface area contributed by atoms with E-state index in [1.807, 2.05) is 24.3 Å². The Bertz CT molecular complexity index is 2930. The summed E-state index contributed by atoms with van der Waals surface area (Å²) in [6.07, 6.45) is -4.72. The highest BCUT2D eigenvalue weighted by Crippen LogP contribution is 2.55. The summed E-state index contributed by atoms with van der Waals surface area (Å²) < 4.78 is 44.5. The first kappa shape index (κ1) is 29.3. The number of hydrogen-bond acceptors (Lipinski definition) is 5. The Balaban J connectivity index is 1.31. The zero-order valence-electron chi connectivity index (χ0n) is 27.2. The van der Waals surface area contributed by atoms with Crippen molar-refractivity contribution in [2.24, 2.45) is 0 Å². The van der Waals surface area contributed by atoms with E-state index in [-0.39, 0.29) is 11.8 Å². The Kier molecular flexibility index (Phi) is 5.86. The molecular weight excluding hydrogens is 650 g/mol. The van der Waals surface area contributed by atoms with E-state index in [9.17, 15) is 13.2 Å². The Labute approximate surface area is 288 Å². The molecular formula is C42H27F3N4S. The fourth-order valence-electron chi connectivity index (χ4n) is 7.99. The van der Waals surface area contributed by atoms with E-state index in [1.165, 1.54) is 39.2 Å². The number of rotatable bonds is 1. The largest absolute Gasteiger partial charge is 0.451 e. The van der Waals surface area contributed by atoms with E-state index < -0.39 is 17.4 Å². The number of hydrogen-bond donors (Lipinski definition) is 0. The minimum atomic E-state index is -4.72. The van der Waals surface area contributed by atoms with Crippen molar-refractivity contribution in [1.82, 2.24) is 15.0 Å². The van der Waals surface area contributed by atoms with Gasteiger partial charge < -0.3 is 0 Å². The van der Waals surface area contributed by atoms with Gasteiger partial charge in [0.25, 0.3) is 0 Å². The van der Waals surface area contributed by atoms with Crippen LogP contribution in [0.1, 0.15) is 36.6 Å². The summed E-state index contributed by atoms with van der Waals surface area (Å²) in [5.74, 6) is -1.25. The maximum Gasteiger partial charge on any atom is 0.451 e. The van der Waals surface area contributed by atoms with Crippen LogP contribution >= 0.6 is 11.3 Å². The van der Waals surface area contributed by atoms with E-state index in [1.54, 1.807) is 16.2 Å². The van der Waals surface area contributed by atoms with E-state index in [2.05, 4.69) is 114 Å². The van der Waals surface area contributed by atoms with Crippen LogP contribution in [0.2, 0.25) is 0 Å². The van der Waals surface area contributed by atoms with Gasteiger partial charge in [0.2, 0.25) is 11.8 Å². The van der Waals surface area contributed by atoms with Gasteiger partial charge in [-0.3, -0.25) is 4.90 Å². The molecule has 2 aromatic heterocycles. The lowest BCUT2D eigenvalue weighted by atomic mass is 9.72. The predicted octanol–water partition coefficient (Wildman–Crippen LogP) is 12.3. The van der Waals surface area contributed by atoms with E-state index in [0.29, 0.717) is 0 Å². The van der Waals surface area contributed by atoms with Gasteiger partial charge in [0, 0.05) is 25.6 Å². The average Bonchev–Trinajstić information content (AvgIpc) is 3.46.